The quantitative estimate of drug-likeness (QED) is 0.676. The van der Waals surface area contributed by atoms with Crippen LogP contribution in [0.4, 0.5) is 5.69 Å². The molecule has 0 bridgehead atoms. The van der Waals surface area contributed by atoms with E-state index in [2.05, 4.69) is 10.6 Å². The van der Waals surface area contributed by atoms with Crippen molar-refractivity contribution in [3.8, 4) is 0 Å². The molecule has 0 unspecified atom stereocenters. The summed E-state index contributed by atoms with van der Waals surface area (Å²) >= 11 is 0. The van der Waals surface area contributed by atoms with E-state index >= 15 is 0 Å². The van der Waals surface area contributed by atoms with Gasteiger partial charge in [0.25, 0.3) is 0 Å². The highest BCUT2D eigenvalue weighted by Gasteiger charge is 2.11. The van der Waals surface area contributed by atoms with Gasteiger partial charge in [0.15, 0.2) is 0 Å². The van der Waals surface area contributed by atoms with Crippen LogP contribution in [0.1, 0.15) is 32.6 Å². The van der Waals surface area contributed by atoms with Crippen molar-refractivity contribution in [2.75, 3.05) is 25.0 Å². The van der Waals surface area contributed by atoms with Gasteiger partial charge in [-0.25, -0.2) is 0 Å². The molecular weight excluding hydrogens is 294 g/mol. The molecule has 6 nitrogen and oxygen atoms in total. The molecule has 1 aromatic carbocycles. The number of anilines is 1. The van der Waals surface area contributed by atoms with Crippen LogP contribution in [0.15, 0.2) is 30.3 Å². The third-order valence-corrected chi connectivity index (χ3v) is 3.36. The van der Waals surface area contributed by atoms with Gasteiger partial charge >= 0.3 is 0 Å². The Bertz CT molecular complexity index is 517. The Hall–Kier alpha value is -2.37. The minimum atomic E-state index is -0.0719. The fraction of sp³-hybridized carbons (Fsp3) is 0.471. The van der Waals surface area contributed by atoms with Gasteiger partial charge in [0.2, 0.25) is 17.7 Å². The van der Waals surface area contributed by atoms with Crippen LogP contribution in [0, 0.1) is 0 Å². The van der Waals surface area contributed by atoms with Gasteiger partial charge in [-0.05, 0) is 25.0 Å². The highest BCUT2D eigenvalue weighted by molar-refractivity contribution is 5.92. The maximum Gasteiger partial charge on any atom is 0.226 e. The first-order valence-corrected chi connectivity index (χ1v) is 7.83. The molecule has 0 aliphatic carbocycles. The van der Waals surface area contributed by atoms with Crippen LogP contribution in [-0.2, 0) is 14.4 Å². The molecule has 0 radical (unpaired) electrons. The Labute approximate surface area is 137 Å². The number of para-hydroxylation sites is 1. The summed E-state index contributed by atoms with van der Waals surface area (Å²) < 4.78 is 0. The zero-order chi connectivity index (χ0) is 17.1. The number of hydrogen-bond acceptors (Lipinski definition) is 3. The van der Waals surface area contributed by atoms with Crippen LogP contribution in [0.5, 0.6) is 0 Å². The van der Waals surface area contributed by atoms with Gasteiger partial charge in [0.05, 0.1) is 0 Å². The Morgan fingerprint density at radius 3 is 2.26 bits per heavy atom. The molecule has 1 aromatic rings. The smallest absolute Gasteiger partial charge is 0.226 e. The summed E-state index contributed by atoms with van der Waals surface area (Å²) in [6.45, 7) is 2.54. The van der Waals surface area contributed by atoms with E-state index in [-0.39, 0.29) is 17.7 Å². The van der Waals surface area contributed by atoms with E-state index in [0.29, 0.717) is 38.8 Å². The Morgan fingerprint density at radius 1 is 0.957 bits per heavy atom. The summed E-state index contributed by atoms with van der Waals surface area (Å²) in [7, 11) is 1.74. The molecule has 0 aliphatic heterocycles. The van der Waals surface area contributed by atoms with Crippen LogP contribution < -0.4 is 15.5 Å². The highest BCUT2D eigenvalue weighted by Crippen LogP contribution is 2.13. The Balaban J connectivity index is 2.14. The average molecular weight is 319 g/mol. The second kappa shape index (κ2) is 10.4. The lowest BCUT2D eigenvalue weighted by Crippen LogP contribution is -2.29. The fourth-order valence-electron chi connectivity index (χ4n) is 2.03. The average Bonchev–Trinajstić information content (AvgIpc) is 2.54. The summed E-state index contributed by atoms with van der Waals surface area (Å²) in [5, 5.41) is 5.44. The molecule has 0 aliphatic rings. The maximum atomic E-state index is 12.0. The molecule has 6 heteroatoms. The van der Waals surface area contributed by atoms with Gasteiger partial charge in [0, 0.05) is 45.6 Å². The minimum absolute atomic E-state index is 0.00495. The maximum absolute atomic E-state index is 12.0. The molecule has 1 rings (SSSR count). The molecule has 0 saturated carbocycles. The summed E-state index contributed by atoms with van der Waals surface area (Å²) in [6, 6.07) is 9.42. The van der Waals surface area contributed by atoms with Crippen LogP contribution in [0.3, 0.4) is 0 Å². The molecule has 23 heavy (non-hydrogen) atoms. The van der Waals surface area contributed by atoms with E-state index in [1.54, 1.807) is 11.9 Å². The summed E-state index contributed by atoms with van der Waals surface area (Å²) in [6.07, 6.45) is 1.88. The second-order valence-electron chi connectivity index (χ2n) is 5.33. The topological polar surface area (TPSA) is 78.5 Å². The van der Waals surface area contributed by atoms with E-state index in [0.717, 1.165) is 5.69 Å². The number of nitrogens with zero attached hydrogens (tertiary/aromatic N) is 1. The van der Waals surface area contributed by atoms with Crippen molar-refractivity contribution in [3.05, 3.63) is 30.3 Å². The van der Waals surface area contributed by atoms with Crippen LogP contribution >= 0.6 is 0 Å². The number of carbonyl (C=O) groups excluding carboxylic acids is 3. The number of amides is 3. The summed E-state index contributed by atoms with van der Waals surface area (Å²) in [5.41, 5.74) is 0.847. The first kappa shape index (κ1) is 18.7. The molecule has 0 aromatic heterocycles. The Morgan fingerprint density at radius 2 is 1.61 bits per heavy atom. The lowest BCUT2D eigenvalue weighted by Gasteiger charge is -2.17. The SMILES string of the molecule is CC(=O)NCCCNC(=O)CCCC(=O)N(C)c1ccccc1. The van der Waals surface area contributed by atoms with Crippen molar-refractivity contribution in [2.24, 2.45) is 0 Å². The van der Waals surface area contributed by atoms with Crippen molar-refractivity contribution < 1.29 is 14.4 Å². The van der Waals surface area contributed by atoms with Crippen molar-refractivity contribution in [2.45, 2.75) is 32.6 Å². The molecule has 2 N–H and O–H groups in total. The van der Waals surface area contributed by atoms with Crippen LogP contribution in [0.25, 0.3) is 0 Å². The molecular formula is C17H25N3O3. The van der Waals surface area contributed by atoms with Gasteiger partial charge in [-0.3, -0.25) is 14.4 Å². The van der Waals surface area contributed by atoms with Crippen molar-refractivity contribution in [1.29, 1.82) is 0 Å². The zero-order valence-electron chi connectivity index (χ0n) is 13.8. The molecule has 0 saturated heterocycles. The van der Waals surface area contributed by atoms with E-state index < -0.39 is 0 Å². The first-order chi connectivity index (χ1) is 11.0. The minimum Gasteiger partial charge on any atom is -0.356 e. The number of benzene rings is 1. The molecule has 3 amide bonds. The first-order valence-electron chi connectivity index (χ1n) is 7.83. The number of carbonyl (C=O) groups is 3. The zero-order valence-corrected chi connectivity index (χ0v) is 13.8. The van der Waals surface area contributed by atoms with E-state index in [4.69, 9.17) is 0 Å². The summed E-state index contributed by atoms with van der Waals surface area (Å²) in [5.74, 6) is -0.143. The standard InChI is InChI=1S/C17H25N3O3/c1-14(21)18-12-7-13-19-16(22)10-6-11-17(23)20(2)15-8-4-3-5-9-15/h3-5,8-9H,6-7,10-13H2,1-2H3,(H,18,21)(H,19,22). The van der Waals surface area contributed by atoms with Gasteiger partial charge in [-0.2, -0.15) is 0 Å². The van der Waals surface area contributed by atoms with E-state index in [9.17, 15) is 14.4 Å². The predicted molar refractivity (Wildman–Crippen MR) is 90.0 cm³/mol. The predicted octanol–water partition coefficient (Wildman–Crippen LogP) is 1.46. The second-order valence-corrected chi connectivity index (χ2v) is 5.33. The fourth-order valence-corrected chi connectivity index (χ4v) is 2.03. The van der Waals surface area contributed by atoms with Gasteiger partial charge in [-0.1, -0.05) is 18.2 Å². The third-order valence-electron chi connectivity index (χ3n) is 3.36. The molecule has 126 valence electrons. The van der Waals surface area contributed by atoms with E-state index in [1.165, 1.54) is 6.92 Å². The monoisotopic (exact) mass is 319 g/mol. The lowest BCUT2D eigenvalue weighted by molar-refractivity contribution is -0.121. The van der Waals surface area contributed by atoms with Crippen LogP contribution in [0.2, 0.25) is 0 Å². The normalized spacial score (nSPS) is 10.0. The van der Waals surface area contributed by atoms with Crippen molar-refractivity contribution >= 4 is 23.4 Å². The molecule has 0 spiro atoms. The van der Waals surface area contributed by atoms with Gasteiger partial charge in [0.1, 0.15) is 0 Å². The molecule has 0 fully saturated rings. The van der Waals surface area contributed by atoms with E-state index in [1.807, 2.05) is 30.3 Å². The Kier molecular flexibility index (Phi) is 8.42. The number of rotatable bonds is 9. The third kappa shape index (κ3) is 7.99. The lowest BCUT2D eigenvalue weighted by atomic mass is 10.2. The molecule has 0 heterocycles. The van der Waals surface area contributed by atoms with Crippen LogP contribution in [-0.4, -0.2) is 37.9 Å². The van der Waals surface area contributed by atoms with Gasteiger partial charge in [-0.15, -0.1) is 0 Å². The highest BCUT2D eigenvalue weighted by atomic mass is 16.2. The number of hydrogen-bond donors (Lipinski definition) is 2. The van der Waals surface area contributed by atoms with Crippen molar-refractivity contribution in [1.82, 2.24) is 10.6 Å². The number of nitrogens with one attached hydrogen (secondary N) is 2. The molecule has 0 atom stereocenters. The van der Waals surface area contributed by atoms with Gasteiger partial charge < -0.3 is 15.5 Å². The van der Waals surface area contributed by atoms with Crippen molar-refractivity contribution in [3.63, 3.8) is 0 Å². The summed E-state index contributed by atoms with van der Waals surface area (Å²) in [4.78, 5) is 36.0. The largest absolute Gasteiger partial charge is 0.356 e.